The minimum Gasteiger partial charge on any atom is -0.405 e. The van der Waals surface area contributed by atoms with Crippen LogP contribution in [0.1, 0.15) is 59.2 Å². The number of allylic oxidation sites excluding steroid dienone is 4. The number of hydrazine groups is 1. The molecule has 314 valence electrons. The summed E-state index contributed by atoms with van der Waals surface area (Å²) >= 11 is 0. The van der Waals surface area contributed by atoms with Crippen molar-refractivity contribution in [2.45, 2.75) is 50.7 Å². The summed E-state index contributed by atoms with van der Waals surface area (Å²) in [6.45, 7) is 0.926. The van der Waals surface area contributed by atoms with Crippen LogP contribution in [0, 0.1) is 0 Å². The predicted molar refractivity (Wildman–Crippen MR) is 266 cm³/mol. The molecular weight excluding hydrogens is 791 g/mol. The number of aryl methyl sites for hydroxylation is 3. The SMILES string of the molecule is N/C=C\C=C/C1=CC2c3cc(ccc31)CCC[n+]1ccc(-c3ccc(-c4ccccc4)cc3)cc1-c1ccc3cc1N2Nc1ccccc1-3.c1cc[n+]2c(c1)-c1ccc3cc1C2CCC3. The van der Waals surface area contributed by atoms with E-state index in [1.807, 2.05) is 12.2 Å². The highest BCUT2D eigenvalue weighted by Crippen LogP contribution is 2.48. The smallest absolute Gasteiger partial charge is 0.215 e. The molecule has 5 heteroatoms. The van der Waals surface area contributed by atoms with Gasteiger partial charge in [0.25, 0.3) is 0 Å². The number of hydrogen-bond acceptors (Lipinski definition) is 3. The van der Waals surface area contributed by atoms with Crippen molar-refractivity contribution in [3.8, 4) is 55.9 Å². The van der Waals surface area contributed by atoms with E-state index in [0.717, 1.165) is 30.8 Å². The van der Waals surface area contributed by atoms with Crippen LogP contribution >= 0.6 is 0 Å². The molecule has 3 aliphatic heterocycles. The van der Waals surface area contributed by atoms with E-state index in [9.17, 15) is 0 Å². The van der Waals surface area contributed by atoms with Crippen molar-refractivity contribution in [3.05, 3.63) is 235 Å². The Morgan fingerprint density at radius 2 is 1.28 bits per heavy atom. The molecule has 5 heterocycles. The molecule has 2 aliphatic carbocycles. The zero-order valence-corrected chi connectivity index (χ0v) is 36.4. The maximum atomic E-state index is 5.69. The summed E-state index contributed by atoms with van der Waals surface area (Å²) in [6, 6.07) is 60.9. The monoisotopic (exact) mass is 841 g/mol. The van der Waals surface area contributed by atoms with Gasteiger partial charge in [-0.05, 0) is 130 Å². The summed E-state index contributed by atoms with van der Waals surface area (Å²) in [7, 11) is 0. The van der Waals surface area contributed by atoms with Gasteiger partial charge in [-0.2, -0.15) is 9.13 Å². The van der Waals surface area contributed by atoms with Gasteiger partial charge in [0.05, 0.1) is 28.5 Å². The Balaban J connectivity index is 0.000000231. The van der Waals surface area contributed by atoms with Crippen molar-refractivity contribution in [2.75, 3.05) is 10.4 Å². The second-order valence-corrected chi connectivity index (χ2v) is 17.9. The molecule has 0 radical (unpaired) electrons. The Labute approximate surface area is 381 Å². The van der Waals surface area contributed by atoms with Crippen molar-refractivity contribution in [1.29, 1.82) is 0 Å². The van der Waals surface area contributed by atoms with Crippen molar-refractivity contribution >= 4 is 16.9 Å². The number of benzene rings is 6. The number of nitrogens with two attached hydrogens (primary N) is 1. The Morgan fingerprint density at radius 1 is 0.554 bits per heavy atom. The van der Waals surface area contributed by atoms with Crippen LogP contribution in [0.4, 0.5) is 11.4 Å². The molecule has 0 saturated carbocycles. The number of rotatable bonds is 4. The van der Waals surface area contributed by atoms with Gasteiger partial charge in [-0.25, -0.2) is 0 Å². The molecule has 2 unspecified atom stereocenters. The van der Waals surface area contributed by atoms with E-state index in [2.05, 4.69) is 208 Å². The first kappa shape index (κ1) is 38.9. The third-order valence-electron chi connectivity index (χ3n) is 14.0. The second kappa shape index (κ2) is 16.4. The van der Waals surface area contributed by atoms with E-state index in [4.69, 9.17) is 5.73 Å². The molecule has 5 nitrogen and oxygen atoms in total. The predicted octanol–water partition coefficient (Wildman–Crippen LogP) is 12.8. The normalized spacial score (nSPS) is 17.0. The van der Waals surface area contributed by atoms with Crippen LogP contribution in [0.25, 0.3) is 61.5 Å². The number of aromatic nitrogens is 2. The third kappa shape index (κ3) is 7.05. The molecule has 6 bridgehead atoms. The van der Waals surface area contributed by atoms with E-state index in [-0.39, 0.29) is 6.04 Å². The third-order valence-corrected chi connectivity index (χ3v) is 14.0. The highest BCUT2D eigenvalue weighted by molar-refractivity contribution is 5.92. The van der Waals surface area contributed by atoms with Gasteiger partial charge < -0.3 is 5.73 Å². The molecule has 0 saturated heterocycles. The lowest BCUT2D eigenvalue weighted by Gasteiger charge is -2.33. The van der Waals surface area contributed by atoms with E-state index in [1.54, 1.807) is 11.8 Å². The lowest BCUT2D eigenvalue weighted by atomic mass is 9.95. The summed E-state index contributed by atoms with van der Waals surface area (Å²) in [5.74, 6) is 0. The van der Waals surface area contributed by atoms with Crippen LogP contribution in [0.15, 0.2) is 207 Å². The number of pyridine rings is 2. The number of para-hydroxylation sites is 1. The van der Waals surface area contributed by atoms with Crippen molar-refractivity contribution < 1.29 is 9.13 Å². The number of fused-ring (bicyclic) bond motifs is 11. The van der Waals surface area contributed by atoms with Gasteiger partial charge in [0.2, 0.25) is 11.4 Å². The quantitative estimate of drug-likeness (QED) is 0.137. The molecule has 3 N–H and O–H groups in total. The van der Waals surface area contributed by atoms with Gasteiger partial charge >= 0.3 is 0 Å². The van der Waals surface area contributed by atoms with Crippen molar-refractivity contribution in [2.24, 2.45) is 5.73 Å². The van der Waals surface area contributed by atoms with E-state index in [0.29, 0.717) is 6.04 Å². The second-order valence-electron chi connectivity index (χ2n) is 17.9. The maximum absolute atomic E-state index is 5.69. The fourth-order valence-corrected chi connectivity index (χ4v) is 10.8. The average molecular weight is 842 g/mol. The highest BCUT2D eigenvalue weighted by atomic mass is 15.5. The molecule has 0 spiro atoms. The Bertz CT molecular complexity index is 3210. The molecule has 0 amide bonds. The first-order valence-corrected chi connectivity index (χ1v) is 23.2. The van der Waals surface area contributed by atoms with Crippen molar-refractivity contribution in [3.63, 3.8) is 0 Å². The summed E-state index contributed by atoms with van der Waals surface area (Å²) in [4.78, 5) is 0. The Morgan fingerprint density at radius 3 is 2.14 bits per heavy atom. The van der Waals surface area contributed by atoms with Gasteiger partial charge in [-0.3, -0.25) is 10.4 Å². The van der Waals surface area contributed by atoms with Crippen LogP contribution < -0.4 is 25.3 Å². The molecule has 8 aromatic rings. The van der Waals surface area contributed by atoms with Gasteiger partial charge in [-0.1, -0.05) is 115 Å². The van der Waals surface area contributed by atoms with E-state index in [1.165, 1.54) is 103 Å². The standard InChI is InChI=1S/C45H36N4.C15H14N/c46-24-7-6-12-36-29-45-41-27-31(15-21-38(36)41)9-8-25-48-26-23-35(34-18-16-33(17-19-34)32-10-2-1-3-11-32)28-43(48)40-22-20-37-30-44(40)49(45)47-42-14-5-4-13-39(37)42;1-2-9-16-14(5-1)12-8-7-11-4-3-6-15(16)13(12)10-11/h1-7,10-24,26-30,45H,8-9,25,46H2;1-2,5,7-10,15H,3-4,6H2/q;+1/p+1/b12-6-,24-7-,43-40?;. The van der Waals surface area contributed by atoms with Crippen LogP contribution in [0.5, 0.6) is 0 Å². The zero-order valence-electron chi connectivity index (χ0n) is 36.4. The van der Waals surface area contributed by atoms with Crippen LogP contribution in [0.3, 0.4) is 0 Å². The largest absolute Gasteiger partial charge is 0.405 e. The molecule has 5 aliphatic rings. The highest BCUT2D eigenvalue weighted by Gasteiger charge is 2.37. The molecule has 65 heavy (non-hydrogen) atoms. The van der Waals surface area contributed by atoms with Gasteiger partial charge in [0.15, 0.2) is 18.4 Å². The topological polar surface area (TPSA) is 49.1 Å². The Kier molecular flexibility index (Phi) is 9.82. The maximum Gasteiger partial charge on any atom is 0.215 e. The molecular formula is C60H51N5+2. The Hall–Kier alpha value is -7.76. The average Bonchev–Trinajstić information content (AvgIpc) is 3.77. The summed E-state index contributed by atoms with van der Waals surface area (Å²) in [5, 5.41) is 2.39. The zero-order chi connectivity index (χ0) is 43.3. The van der Waals surface area contributed by atoms with Gasteiger partial charge in [-0.15, -0.1) is 0 Å². The first-order valence-electron chi connectivity index (χ1n) is 23.2. The van der Waals surface area contributed by atoms with Crippen molar-refractivity contribution in [1.82, 2.24) is 0 Å². The van der Waals surface area contributed by atoms with Crippen LogP contribution in [-0.2, 0) is 19.4 Å². The number of nitrogens with zero attached hydrogens (tertiary/aromatic N) is 3. The molecule has 6 aromatic carbocycles. The van der Waals surface area contributed by atoms with E-state index < -0.39 is 0 Å². The minimum absolute atomic E-state index is 0.0156. The first-order chi connectivity index (χ1) is 32.2. The lowest BCUT2D eigenvalue weighted by Crippen LogP contribution is -2.38. The molecule has 0 fully saturated rings. The van der Waals surface area contributed by atoms with E-state index >= 15 is 0 Å². The summed E-state index contributed by atoms with van der Waals surface area (Å²) in [5.41, 5.74) is 32.6. The molecule has 13 rings (SSSR count). The fraction of sp³-hybridized carbons (Fsp3) is 0.133. The molecule has 2 atom stereocenters. The molecule has 2 aromatic heterocycles. The minimum atomic E-state index is -0.0156. The van der Waals surface area contributed by atoms with Gasteiger partial charge in [0, 0.05) is 48.2 Å². The number of hydrogen-bond donors (Lipinski definition) is 2. The van der Waals surface area contributed by atoms with Crippen LogP contribution in [-0.4, -0.2) is 0 Å². The number of nitrogens with one attached hydrogen (secondary N) is 1. The summed E-state index contributed by atoms with van der Waals surface area (Å²) in [6.07, 6.45) is 20.4. The fourth-order valence-electron chi connectivity index (χ4n) is 10.8. The number of anilines is 2. The van der Waals surface area contributed by atoms with Gasteiger partial charge in [0.1, 0.15) is 6.54 Å². The van der Waals surface area contributed by atoms with Crippen LogP contribution in [0.2, 0.25) is 0 Å². The summed E-state index contributed by atoms with van der Waals surface area (Å²) < 4.78 is 4.89. The lowest BCUT2D eigenvalue weighted by molar-refractivity contribution is -0.698.